The van der Waals surface area contributed by atoms with Gasteiger partial charge in [0.15, 0.2) is 0 Å². The third kappa shape index (κ3) is 10.9. The van der Waals surface area contributed by atoms with Crippen LogP contribution in [-0.2, 0) is 0 Å². The second-order valence-electron chi connectivity index (χ2n) is 13.1. The van der Waals surface area contributed by atoms with E-state index >= 15 is 0 Å². The SMILES string of the molecule is CC(C)C(C)(C(C)C)C(C)C.CC(C)N(C(C)C)C(C)C.CC(C)[N+](C)(C(C)C)C(C)C. The summed E-state index contributed by atoms with van der Waals surface area (Å²) >= 11 is 0. The van der Waals surface area contributed by atoms with E-state index in [1.807, 2.05) is 0 Å². The fraction of sp³-hybridized carbons (Fsp3) is 1.00. The fourth-order valence-electron chi connectivity index (χ4n) is 5.58. The monoisotopic (exact) mass is 458 g/mol. The van der Waals surface area contributed by atoms with Crippen LogP contribution in [0.15, 0.2) is 0 Å². The molecule has 0 saturated heterocycles. The summed E-state index contributed by atoms with van der Waals surface area (Å²) in [6.45, 7) is 43.7. The van der Waals surface area contributed by atoms with Crippen LogP contribution in [0.25, 0.3) is 0 Å². The molecule has 198 valence electrons. The van der Waals surface area contributed by atoms with E-state index < -0.39 is 0 Å². The van der Waals surface area contributed by atoms with E-state index in [0.29, 0.717) is 23.5 Å². The number of hydrogen-bond acceptors (Lipinski definition) is 1. The maximum absolute atomic E-state index is 2.50. The lowest BCUT2D eigenvalue weighted by molar-refractivity contribution is -0.968. The first-order valence-electron chi connectivity index (χ1n) is 13.8. The minimum absolute atomic E-state index is 0.500. The van der Waals surface area contributed by atoms with E-state index in [-0.39, 0.29) is 0 Å². The molecule has 0 N–H and O–H groups in total. The van der Waals surface area contributed by atoms with Crippen LogP contribution in [0.4, 0.5) is 0 Å². The van der Waals surface area contributed by atoms with Crippen molar-refractivity contribution < 1.29 is 4.48 Å². The van der Waals surface area contributed by atoms with Gasteiger partial charge in [-0.25, -0.2) is 0 Å². The smallest absolute Gasteiger partial charge is 0.0835 e. The average Bonchev–Trinajstić information content (AvgIpc) is 2.58. The lowest BCUT2D eigenvalue weighted by Crippen LogP contribution is -2.58. The normalized spacial score (nSPS) is 13.3. The second kappa shape index (κ2) is 15.8. The third-order valence-electron chi connectivity index (χ3n) is 8.86. The Labute approximate surface area is 207 Å². The molecule has 0 aromatic carbocycles. The van der Waals surface area contributed by atoms with E-state index in [0.717, 1.165) is 35.9 Å². The first-order chi connectivity index (χ1) is 14.1. The van der Waals surface area contributed by atoms with E-state index in [1.54, 1.807) is 0 Å². The largest absolute Gasteiger partial charge is 0.320 e. The van der Waals surface area contributed by atoms with Crippen LogP contribution in [0, 0.1) is 23.2 Å². The number of rotatable bonds is 9. The highest BCUT2D eigenvalue weighted by molar-refractivity contribution is 4.83. The van der Waals surface area contributed by atoms with Gasteiger partial charge in [0, 0.05) is 18.1 Å². The Morgan fingerprint density at radius 1 is 0.438 bits per heavy atom. The molecule has 0 rings (SSSR count). The van der Waals surface area contributed by atoms with Crippen molar-refractivity contribution in [3.05, 3.63) is 0 Å². The minimum atomic E-state index is 0.500. The van der Waals surface area contributed by atoms with Crippen LogP contribution in [0.3, 0.4) is 0 Å². The molecule has 0 aromatic rings. The first-order valence-corrected chi connectivity index (χ1v) is 13.8. The molecule has 2 nitrogen and oxygen atoms in total. The number of nitrogens with zero attached hydrogens (tertiary/aromatic N) is 2. The molecule has 32 heavy (non-hydrogen) atoms. The van der Waals surface area contributed by atoms with Gasteiger partial charge in [-0.1, -0.05) is 48.5 Å². The summed E-state index contributed by atoms with van der Waals surface area (Å²) in [5.41, 5.74) is 0.500. The minimum Gasteiger partial charge on any atom is -0.320 e. The van der Waals surface area contributed by atoms with Crippen molar-refractivity contribution in [1.82, 2.24) is 4.90 Å². The van der Waals surface area contributed by atoms with E-state index in [1.165, 1.54) is 4.48 Å². The predicted molar refractivity (Wildman–Crippen MR) is 151 cm³/mol. The number of hydrogen-bond donors (Lipinski definition) is 0. The van der Waals surface area contributed by atoms with Crippen LogP contribution >= 0.6 is 0 Å². The molecule has 0 aliphatic carbocycles. The van der Waals surface area contributed by atoms with Crippen molar-refractivity contribution in [2.45, 2.75) is 168 Å². The van der Waals surface area contributed by atoms with Crippen molar-refractivity contribution >= 4 is 0 Å². The van der Waals surface area contributed by atoms with Crippen molar-refractivity contribution in [3.63, 3.8) is 0 Å². The van der Waals surface area contributed by atoms with Crippen molar-refractivity contribution in [1.29, 1.82) is 0 Å². The van der Waals surface area contributed by atoms with Gasteiger partial charge >= 0.3 is 0 Å². The highest BCUT2D eigenvalue weighted by atomic mass is 15.4. The topological polar surface area (TPSA) is 3.24 Å². The molecular weight excluding hydrogens is 388 g/mol. The lowest BCUT2D eigenvalue weighted by Gasteiger charge is -2.46. The highest BCUT2D eigenvalue weighted by Crippen LogP contribution is 2.41. The molecule has 2 heteroatoms. The van der Waals surface area contributed by atoms with Gasteiger partial charge < -0.3 is 4.48 Å². The Kier molecular flexibility index (Phi) is 18.0. The van der Waals surface area contributed by atoms with Gasteiger partial charge in [0.05, 0.1) is 25.2 Å². The molecule has 0 radical (unpaired) electrons. The summed E-state index contributed by atoms with van der Waals surface area (Å²) in [6.07, 6.45) is 0. The molecule has 0 atom stereocenters. The van der Waals surface area contributed by atoms with Crippen LogP contribution < -0.4 is 0 Å². The zero-order chi connectivity index (χ0) is 26.8. The van der Waals surface area contributed by atoms with E-state index in [9.17, 15) is 0 Å². The quantitative estimate of drug-likeness (QED) is 0.312. The zero-order valence-electron chi connectivity index (χ0n) is 26.6. The summed E-state index contributed by atoms with van der Waals surface area (Å²) in [6, 6.07) is 4.15. The summed E-state index contributed by atoms with van der Waals surface area (Å²) in [5.74, 6) is 2.34. The van der Waals surface area contributed by atoms with E-state index in [2.05, 4.69) is 143 Å². The van der Waals surface area contributed by atoms with Gasteiger partial charge in [-0.05, 0) is 106 Å². The molecule has 0 saturated carbocycles. The highest BCUT2D eigenvalue weighted by Gasteiger charge is 2.34. The Hall–Kier alpha value is -0.0800. The van der Waals surface area contributed by atoms with Crippen molar-refractivity contribution in [2.24, 2.45) is 23.2 Å². The molecule has 0 bridgehead atoms. The summed E-state index contributed by atoms with van der Waals surface area (Å²) in [5, 5.41) is 0. The van der Waals surface area contributed by atoms with Gasteiger partial charge in [0.1, 0.15) is 0 Å². The summed E-state index contributed by atoms with van der Waals surface area (Å²) in [4.78, 5) is 2.50. The average molecular weight is 458 g/mol. The van der Waals surface area contributed by atoms with Gasteiger partial charge in [0.25, 0.3) is 0 Å². The van der Waals surface area contributed by atoms with Gasteiger partial charge in [-0.2, -0.15) is 0 Å². The Balaban J connectivity index is -0.000000395. The molecule has 0 unspecified atom stereocenters. The molecule has 0 aliphatic heterocycles. The van der Waals surface area contributed by atoms with Crippen LogP contribution in [0.2, 0.25) is 0 Å². The fourth-order valence-corrected chi connectivity index (χ4v) is 5.58. The summed E-state index contributed by atoms with van der Waals surface area (Å²) in [7, 11) is 2.35. The van der Waals surface area contributed by atoms with E-state index in [4.69, 9.17) is 0 Å². The van der Waals surface area contributed by atoms with Gasteiger partial charge in [-0.15, -0.1) is 0 Å². The Morgan fingerprint density at radius 2 is 0.625 bits per heavy atom. The molecule has 0 aromatic heterocycles. The third-order valence-corrected chi connectivity index (χ3v) is 8.86. The maximum Gasteiger partial charge on any atom is 0.0835 e. The maximum atomic E-state index is 2.50. The lowest BCUT2D eigenvalue weighted by atomic mass is 9.64. The first kappa shape index (κ1) is 36.5. The molecule has 0 fully saturated rings. The zero-order valence-corrected chi connectivity index (χ0v) is 26.6. The van der Waals surface area contributed by atoms with Gasteiger partial charge in [-0.3, -0.25) is 4.90 Å². The Morgan fingerprint density at radius 3 is 0.625 bits per heavy atom. The number of quaternary nitrogens is 1. The molecule has 0 spiro atoms. The van der Waals surface area contributed by atoms with Crippen molar-refractivity contribution in [2.75, 3.05) is 7.05 Å². The second-order valence-corrected chi connectivity index (χ2v) is 13.1. The standard InChI is InChI=1S/C11H24.C10H24N.C9H21N/c2*1-8(2)11(7,9(3)4)10(5)6;1-7(2)10(8(3)4)9(5)6/h2*8-10H,1-7H3;7-9H,1-6H3/q;+1;. The van der Waals surface area contributed by atoms with Crippen LogP contribution in [-0.4, -0.2) is 52.7 Å². The predicted octanol–water partition coefficient (Wildman–Crippen LogP) is 9.13. The molecule has 0 heterocycles. The molecular formula is C30H69N2+. The molecule has 0 aliphatic rings. The van der Waals surface area contributed by atoms with Crippen LogP contribution in [0.5, 0.6) is 0 Å². The Bertz CT molecular complexity index is 349. The van der Waals surface area contributed by atoms with Crippen molar-refractivity contribution in [3.8, 4) is 0 Å². The molecule has 0 amide bonds. The summed E-state index contributed by atoms with van der Waals surface area (Å²) < 4.78 is 1.17. The van der Waals surface area contributed by atoms with Gasteiger partial charge in [0.2, 0.25) is 0 Å². The van der Waals surface area contributed by atoms with Crippen LogP contribution in [0.1, 0.15) is 132 Å².